The number of nitrogens with one attached hydrogen (secondary N) is 1. The molecule has 1 aromatic heterocycles. The molecule has 2 atom stereocenters. The van der Waals surface area contributed by atoms with Gasteiger partial charge in [0.15, 0.2) is 0 Å². The first kappa shape index (κ1) is 12.5. The number of nitrogens with zero attached hydrogens (tertiary/aromatic N) is 1. The number of aromatic amines is 1. The van der Waals surface area contributed by atoms with Gasteiger partial charge in [-0.3, -0.25) is 4.90 Å². The van der Waals surface area contributed by atoms with E-state index in [0.717, 1.165) is 5.92 Å². The smallest absolute Gasteiger partial charge is 0.0529 e. The molecule has 2 aliphatic rings. The van der Waals surface area contributed by atoms with Crippen LogP contribution in [0.5, 0.6) is 0 Å². The van der Waals surface area contributed by atoms with Crippen molar-refractivity contribution in [3.63, 3.8) is 0 Å². The number of para-hydroxylation sites is 1. The molecular weight excluding hydrogens is 244 g/mol. The molecule has 0 aliphatic carbocycles. The van der Waals surface area contributed by atoms with Crippen LogP contribution in [0, 0.1) is 5.92 Å². The largest absolute Gasteiger partial charge is 0.357 e. The molecule has 106 valence electrons. The molecule has 1 aromatic carbocycles. The Labute approximate surface area is 121 Å². The summed E-state index contributed by atoms with van der Waals surface area (Å²) >= 11 is 0. The summed E-state index contributed by atoms with van der Waals surface area (Å²) in [6, 6.07) is 9.49. The van der Waals surface area contributed by atoms with Gasteiger partial charge < -0.3 is 4.98 Å². The quantitative estimate of drug-likeness (QED) is 0.861. The third-order valence-electron chi connectivity index (χ3n) is 5.31. The van der Waals surface area contributed by atoms with E-state index < -0.39 is 0 Å². The molecule has 0 radical (unpaired) electrons. The minimum absolute atomic E-state index is 0.653. The number of H-pyrrole nitrogens is 1. The van der Waals surface area contributed by atoms with Crippen molar-refractivity contribution in [2.24, 2.45) is 5.92 Å². The summed E-state index contributed by atoms with van der Waals surface area (Å²) in [5.74, 6) is 0.848. The Bertz CT molecular complexity index is 611. The lowest BCUT2D eigenvalue weighted by atomic mass is 9.80. The number of fused-ring (bicyclic) bond motifs is 5. The standard InChI is InChI=1S/C18H24N2/c1-2-6-13-7-5-11-20-12-10-15-14-8-3-4-9-16(14)19-17(15)18(13)20/h3-4,8-9,13,18-19H,2,5-7,10-12H2,1H3. The van der Waals surface area contributed by atoms with Crippen LogP contribution in [-0.2, 0) is 6.42 Å². The highest BCUT2D eigenvalue weighted by Crippen LogP contribution is 2.43. The molecule has 3 heterocycles. The normalized spacial score (nSPS) is 26.4. The summed E-state index contributed by atoms with van der Waals surface area (Å²) in [5, 5.41) is 1.46. The van der Waals surface area contributed by atoms with Crippen LogP contribution >= 0.6 is 0 Å². The zero-order chi connectivity index (χ0) is 13.5. The predicted octanol–water partition coefficient (Wildman–Crippen LogP) is 4.28. The molecule has 0 bridgehead atoms. The Balaban J connectivity index is 1.82. The maximum Gasteiger partial charge on any atom is 0.0529 e. The molecule has 0 spiro atoms. The Morgan fingerprint density at radius 3 is 3.05 bits per heavy atom. The van der Waals surface area contributed by atoms with E-state index in [9.17, 15) is 0 Å². The van der Waals surface area contributed by atoms with Gasteiger partial charge in [0.05, 0.1) is 6.04 Å². The summed E-state index contributed by atoms with van der Waals surface area (Å²) in [6.45, 7) is 4.87. The van der Waals surface area contributed by atoms with Crippen molar-refractivity contribution in [3.8, 4) is 0 Å². The van der Waals surface area contributed by atoms with Gasteiger partial charge in [-0.15, -0.1) is 0 Å². The molecule has 20 heavy (non-hydrogen) atoms. The van der Waals surface area contributed by atoms with Crippen molar-refractivity contribution >= 4 is 10.9 Å². The van der Waals surface area contributed by atoms with Crippen LogP contribution < -0.4 is 0 Å². The SMILES string of the molecule is CCCC1CCCN2CCc3c([nH]c4ccccc34)C12. The molecule has 1 fully saturated rings. The van der Waals surface area contributed by atoms with Crippen LogP contribution in [-0.4, -0.2) is 23.0 Å². The average molecular weight is 268 g/mol. The molecule has 2 unspecified atom stereocenters. The minimum atomic E-state index is 0.653. The van der Waals surface area contributed by atoms with Crippen LogP contribution in [0.1, 0.15) is 49.9 Å². The third kappa shape index (κ3) is 1.81. The van der Waals surface area contributed by atoms with Crippen LogP contribution in [0.25, 0.3) is 10.9 Å². The van der Waals surface area contributed by atoms with Crippen LogP contribution in [0.4, 0.5) is 0 Å². The molecule has 2 aliphatic heterocycles. The second-order valence-corrected chi connectivity index (χ2v) is 6.48. The maximum atomic E-state index is 3.76. The van der Waals surface area contributed by atoms with Crippen molar-refractivity contribution in [2.45, 2.75) is 45.1 Å². The van der Waals surface area contributed by atoms with E-state index in [-0.39, 0.29) is 0 Å². The van der Waals surface area contributed by atoms with Crippen LogP contribution in [0.2, 0.25) is 0 Å². The second kappa shape index (κ2) is 4.92. The Morgan fingerprint density at radius 1 is 1.25 bits per heavy atom. The van der Waals surface area contributed by atoms with Gasteiger partial charge in [0.2, 0.25) is 0 Å². The fraction of sp³-hybridized carbons (Fsp3) is 0.556. The first-order valence-electron chi connectivity index (χ1n) is 8.22. The zero-order valence-corrected chi connectivity index (χ0v) is 12.4. The van der Waals surface area contributed by atoms with Crippen molar-refractivity contribution in [1.29, 1.82) is 0 Å². The number of rotatable bonds is 2. The summed E-state index contributed by atoms with van der Waals surface area (Å²) < 4.78 is 0. The van der Waals surface area contributed by atoms with Gasteiger partial charge in [0, 0.05) is 23.1 Å². The monoisotopic (exact) mass is 268 g/mol. The maximum absolute atomic E-state index is 3.76. The molecule has 1 saturated heterocycles. The number of hydrogen-bond acceptors (Lipinski definition) is 1. The summed E-state index contributed by atoms with van der Waals surface area (Å²) in [7, 11) is 0. The van der Waals surface area contributed by atoms with E-state index >= 15 is 0 Å². The summed E-state index contributed by atoms with van der Waals surface area (Å²) in [4.78, 5) is 6.50. The van der Waals surface area contributed by atoms with Gasteiger partial charge in [-0.05, 0) is 49.8 Å². The van der Waals surface area contributed by atoms with Gasteiger partial charge in [0.1, 0.15) is 0 Å². The van der Waals surface area contributed by atoms with E-state index in [2.05, 4.69) is 41.1 Å². The average Bonchev–Trinajstić information content (AvgIpc) is 2.86. The topological polar surface area (TPSA) is 19.0 Å². The highest BCUT2D eigenvalue weighted by atomic mass is 15.2. The van der Waals surface area contributed by atoms with E-state index in [4.69, 9.17) is 0 Å². The van der Waals surface area contributed by atoms with Crippen molar-refractivity contribution in [1.82, 2.24) is 9.88 Å². The van der Waals surface area contributed by atoms with E-state index in [1.54, 1.807) is 5.56 Å². The van der Waals surface area contributed by atoms with Gasteiger partial charge in [0.25, 0.3) is 0 Å². The molecule has 0 amide bonds. The Hall–Kier alpha value is -1.28. The molecule has 4 rings (SSSR count). The van der Waals surface area contributed by atoms with E-state index in [1.165, 1.54) is 61.8 Å². The first-order valence-corrected chi connectivity index (χ1v) is 8.22. The fourth-order valence-electron chi connectivity index (χ4n) is 4.49. The minimum Gasteiger partial charge on any atom is -0.357 e. The highest BCUT2D eigenvalue weighted by molar-refractivity contribution is 5.85. The molecular formula is C18H24N2. The lowest BCUT2D eigenvalue weighted by Gasteiger charge is -2.44. The number of hydrogen-bond donors (Lipinski definition) is 1. The third-order valence-corrected chi connectivity index (χ3v) is 5.31. The number of aromatic nitrogens is 1. The van der Waals surface area contributed by atoms with Crippen LogP contribution in [0.15, 0.2) is 24.3 Å². The van der Waals surface area contributed by atoms with Crippen molar-refractivity contribution in [2.75, 3.05) is 13.1 Å². The van der Waals surface area contributed by atoms with Crippen molar-refractivity contribution in [3.05, 3.63) is 35.5 Å². The highest BCUT2D eigenvalue weighted by Gasteiger charge is 2.37. The van der Waals surface area contributed by atoms with Gasteiger partial charge in [-0.1, -0.05) is 31.5 Å². The molecule has 2 nitrogen and oxygen atoms in total. The van der Waals surface area contributed by atoms with Gasteiger partial charge in [-0.25, -0.2) is 0 Å². The van der Waals surface area contributed by atoms with Crippen molar-refractivity contribution < 1.29 is 0 Å². The number of piperidine rings is 1. The summed E-state index contributed by atoms with van der Waals surface area (Å²) in [5.41, 5.74) is 4.47. The molecule has 0 saturated carbocycles. The Morgan fingerprint density at radius 2 is 2.15 bits per heavy atom. The first-order chi connectivity index (χ1) is 9.88. The van der Waals surface area contributed by atoms with E-state index in [0.29, 0.717) is 6.04 Å². The molecule has 2 aromatic rings. The predicted molar refractivity (Wildman–Crippen MR) is 83.9 cm³/mol. The lowest BCUT2D eigenvalue weighted by Crippen LogP contribution is -2.43. The zero-order valence-electron chi connectivity index (χ0n) is 12.4. The fourth-order valence-corrected chi connectivity index (χ4v) is 4.49. The lowest BCUT2D eigenvalue weighted by molar-refractivity contribution is 0.0759. The van der Waals surface area contributed by atoms with E-state index in [1.807, 2.05) is 0 Å². The van der Waals surface area contributed by atoms with Gasteiger partial charge >= 0.3 is 0 Å². The second-order valence-electron chi connectivity index (χ2n) is 6.48. The molecule has 1 N–H and O–H groups in total. The Kier molecular flexibility index (Phi) is 3.07. The number of benzene rings is 1. The molecule has 2 heteroatoms. The van der Waals surface area contributed by atoms with Crippen LogP contribution in [0.3, 0.4) is 0 Å². The summed E-state index contributed by atoms with van der Waals surface area (Å²) in [6.07, 6.45) is 6.69. The van der Waals surface area contributed by atoms with Gasteiger partial charge in [-0.2, -0.15) is 0 Å².